The molecule has 2 heterocycles. The van der Waals surface area contributed by atoms with Crippen LogP contribution >= 0.6 is 0 Å². The maximum Gasteiger partial charge on any atom is 0.308 e. The summed E-state index contributed by atoms with van der Waals surface area (Å²) in [5.41, 5.74) is 0.120. The Hall–Kier alpha value is -2.18. The van der Waals surface area contributed by atoms with Crippen molar-refractivity contribution in [2.24, 2.45) is 5.92 Å². The summed E-state index contributed by atoms with van der Waals surface area (Å²) in [6.45, 7) is 1.68. The predicted molar refractivity (Wildman–Crippen MR) is 57.7 cm³/mol. The summed E-state index contributed by atoms with van der Waals surface area (Å²) in [4.78, 5) is 41.3. The van der Waals surface area contributed by atoms with Crippen molar-refractivity contribution in [2.75, 3.05) is 11.4 Å². The van der Waals surface area contributed by atoms with Crippen LogP contribution in [-0.4, -0.2) is 33.5 Å². The fourth-order valence-corrected chi connectivity index (χ4v) is 1.77. The molecule has 0 radical (unpaired) electrons. The third kappa shape index (κ3) is 2.17. The monoisotopic (exact) mass is 237 g/mol. The SMILES string of the molecule is Cc1cc(=O)[nH]c(N2CC(C(=O)O)CC2=O)n1. The first kappa shape index (κ1) is 11.3. The molecule has 0 bridgehead atoms. The molecule has 1 aliphatic rings. The number of carbonyl (C=O) groups excluding carboxylic acids is 1. The van der Waals surface area contributed by atoms with E-state index in [1.807, 2.05) is 0 Å². The number of nitrogens with zero attached hydrogens (tertiary/aromatic N) is 2. The minimum atomic E-state index is -1.02. The number of amides is 1. The highest BCUT2D eigenvalue weighted by Crippen LogP contribution is 2.21. The van der Waals surface area contributed by atoms with E-state index in [1.165, 1.54) is 11.0 Å². The first-order chi connectivity index (χ1) is 7.97. The van der Waals surface area contributed by atoms with Gasteiger partial charge in [0.05, 0.1) is 5.92 Å². The lowest BCUT2D eigenvalue weighted by Crippen LogP contribution is -2.29. The number of carbonyl (C=O) groups is 2. The summed E-state index contributed by atoms with van der Waals surface area (Å²) < 4.78 is 0. The maximum atomic E-state index is 11.6. The van der Waals surface area contributed by atoms with Gasteiger partial charge in [0.2, 0.25) is 11.9 Å². The van der Waals surface area contributed by atoms with Crippen LogP contribution < -0.4 is 10.5 Å². The third-order valence-corrected chi connectivity index (χ3v) is 2.59. The van der Waals surface area contributed by atoms with E-state index in [4.69, 9.17) is 5.11 Å². The van der Waals surface area contributed by atoms with E-state index in [1.54, 1.807) is 6.92 Å². The van der Waals surface area contributed by atoms with Crippen molar-refractivity contribution in [3.8, 4) is 0 Å². The predicted octanol–water partition coefficient (Wildman–Crippen LogP) is -0.484. The van der Waals surface area contributed by atoms with Crippen LogP contribution in [0.25, 0.3) is 0 Å². The van der Waals surface area contributed by atoms with Crippen LogP contribution in [0.15, 0.2) is 10.9 Å². The lowest BCUT2D eigenvalue weighted by Gasteiger charge is -2.14. The molecule has 1 saturated heterocycles. The molecule has 0 aliphatic carbocycles. The van der Waals surface area contributed by atoms with E-state index in [2.05, 4.69) is 9.97 Å². The van der Waals surface area contributed by atoms with Crippen molar-refractivity contribution in [3.05, 3.63) is 22.1 Å². The second-order valence-corrected chi connectivity index (χ2v) is 3.95. The summed E-state index contributed by atoms with van der Waals surface area (Å²) in [7, 11) is 0. The van der Waals surface area contributed by atoms with Gasteiger partial charge in [0.15, 0.2) is 0 Å². The van der Waals surface area contributed by atoms with E-state index in [0.717, 1.165) is 0 Å². The number of aromatic amines is 1. The fraction of sp³-hybridized carbons (Fsp3) is 0.400. The van der Waals surface area contributed by atoms with E-state index in [9.17, 15) is 14.4 Å². The topological polar surface area (TPSA) is 103 Å². The Labute approximate surface area is 96.1 Å². The summed E-state index contributed by atoms with van der Waals surface area (Å²) >= 11 is 0. The quantitative estimate of drug-likeness (QED) is 0.722. The first-order valence-electron chi connectivity index (χ1n) is 5.08. The Kier molecular flexibility index (Phi) is 2.66. The fourth-order valence-electron chi connectivity index (χ4n) is 1.77. The molecule has 1 fully saturated rings. The molecule has 7 heteroatoms. The molecule has 1 amide bonds. The molecular weight excluding hydrogens is 226 g/mol. The van der Waals surface area contributed by atoms with Crippen molar-refractivity contribution in [3.63, 3.8) is 0 Å². The first-order valence-corrected chi connectivity index (χ1v) is 5.08. The van der Waals surface area contributed by atoms with Crippen LogP contribution in [0.1, 0.15) is 12.1 Å². The van der Waals surface area contributed by atoms with Crippen LogP contribution in [0, 0.1) is 12.8 Å². The average Bonchev–Trinajstić information content (AvgIpc) is 2.59. The number of carboxylic acid groups (broad SMARTS) is 1. The van der Waals surface area contributed by atoms with E-state index < -0.39 is 11.9 Å². The van der Waals surface area contributed by atoms with Crippen molar-refractivity contribution < 1.29 is 14.7 Å². The Morgan fingerprint density at radius 2 is 2.29 bits per heavy atom. The van der Waals surface area contributed by atoms with Crippen molar-refractivity contribution >= 4 is 17.8 Å². The standard InChI is InChI=1S/C10H11N3O4/c1-5-2-7(14)12-10(11-5)13-4-6(9(16)17)3-8(13)15/h2,6H,3-4H2,1H3,(H,16,17)(H,11,12,14). The highest BCUT2D eigenvalue weighted by molar-refractivity contribution is 5.97. The average molecular weight is 237 g/mol. The van der Waals surface area contributed by atoms with Gasteiger partial charge in [-0.25, -0.2) is 4.98 Å². The maximum absolute atomic E-state index is 11.6. The van der Waals surface area contributed by atoms with E-state index in [0.29, 0.717) is 5.69 Å². The Morgan fingerprint density at radius 1 is 1.59 bits per heavy atom. The molecule has 0 saturated carbocycles. The van der Waals surface area contributed by atoms with Gasteiger partial charge in [0.25, 0.3) is 5.56 Å². The molecule has 1 aromatic heterocycles. The van der Waals surface area contributed by atoms with Crippen molar-refractivity contribution in [1.29, 1.82) is 0 Å². The summed E-state index contributed by atoms with van der Waals surface area (Å²) in [6.07, 6.45) is -0.0625. The lowest BCUT2D eigenvalue weighted by molar-refractivity contribution is -0.141. The number of anilines is 1. The second kappa shape index (κ2) is 4.00. The van der Waals surface area contributed by atoms with Gasteiger partial charge < -0.3 is 5.11 Å². The second-order valence-electron chi connectivity index (χ2n) is 3.95. The molecule has 7 nitrogen and oxygen atoms in total. The zero-order valence-corrected chi connectivity index (χ0v) is 9.14. The molecule has 2 rings (SSSR count). The number of aliphatic carboxylic acids is 1. The minimum absolute atomic E-state index is 0.0422. The normalized spacial score (nSPS) is 19.7. The Morgan fingerprint density at radius 3 is 2.82 bits per heavy atom. The number of aryl methyl sites for hydroxylation is 1. The number of hydrogen-bond donors (Lipinski definition) is 2. The van der Waals surface area contributed by atoms with Gasteiger partial charge in [-0.15, -0.1) is 0 Å². The summed E-state index contributed by atoms with van der Waals surface area (Å²) in [5, 5.41) is 8.83. The van der Waals surface area contributed by atoms with Crippen LogP contribution in [0.4, 0.5) is 5.95 Å². The Balaban J connectivity index is 2.32. The van der Waals surface area contributed by atoms with Gasteiger partial charge >= 0.3 is 5.97 Å². The van der Waals surface area contributed by atoms with Gasteiger partial charge in [0.1, 0.15) is 0 Å². The van der Waals surface area contributed by atoms with Gasteiger partial charge in [0, 0.05) is 24.7 Å². The number of H-pyrrole nitrogens is 1. The lowest BCUT2D eigenvalue weighted by atomic mass is 10.1. The third-order valence-electron chi connectivity index (χ3n) is 2.59. The molecular formula is C10H11N3O4. The number of carboxylic acids is 1. The number of aromatic nitrogens is 2. The molecule has 1 unspecified atom stereocenters. The number of rotatable bonds is 2. The van der Waals surface area contributed by atoms with Gasteiger partial charge in [-0.1, -0.05) is 0 Å². The number of nitrogens with one attached hydrogen (secondary N) is 1. The molecule has 1 aliphatic heterocycles. The summed E-state index contributed by atoms with van der Waals surface area (Å²) in [6, 6.07) is 1.30. The molecule has 2 N–H and O–H groups in total. The minimum Gasteiger partial charge on any atom is -0.481 e. The summed E-state index contributed by atoms with van der Waals surface area (Å²) in [5.74, 6) is -1.99. The zero-order valence-electron chi connectivity index (χ0n) is 9.14. The number of hydrogen-bond acceptors (Lipinski definition) is 4. The largest absolute Gasteiger partial charge is 0.481 e. The highest BCUT2D eigenvalue weighted by Gasteiger charge is 2.36. The van der Waals surface area contributed by atoms with Crippen LogP contribution in [0.5, 0.6) is 0 Å². The molecule has 1 aromatic rings. The van der Waals surface area contributed by atoms with Crippen molar-refractivity contribution in [2.45, 2.75) is 13.3 Å². The Bertz CT molecular complexity index is 537. The molecule has 0 aromatic carbocycles. The highest BCUT2D eigenvalue weighted by atomic mass is 16.4. The molecule has 17 heavy (non-hydrogen) atoms. The van der Waals surface area contributed by atoms with Crippen molar-refractivity contribution in [1.82, 2.24) is 9.97 Å². The molecule has 0 spiro atoms. The van der Waals surface area contributed by atoms with Gasteiger partial charge in [-0.3, -0.25) is 24.3 Å². The van der Waals surface area contributed by atoms with E-state index >= 15 is 0 Å². The van der Waals surface area contributed by atoms with Crippen LogP contribution in [0.2, 0.25) is 0 Å². The molecule has 1 atom stereocenters. The van der Waals surface area contributed by atoms with Crippen LogP contribution in [-0.2, 0) is 9.59 Å². The van der Waals surface area contributed by atoms with Crippen LogP contribution in [0.3, 0.4) is 0 Å². The zero-order chi connectivity index (χ0) is 12.6. The van der Waals surface area contributed by atoms with Gasteiger partial charge in [-0.05, 0) is 6.92 Å². The van der Waals surface area contributed by atoms with E-state index in [-0.39, 0.29) is 30.4 Å². The van der Waals surface area contributed by atoms with Gasteiger partial charge in [-0.2, -0.15) is 0 Å². The molecule has 90 valence electrons. The smallest absolute Gasteiger partial charge is 0.308 e.